The van der Waals surface area contributed by atoms with Crippen LogP contribution in [0.3, 0.4) is 0 Å². The fourth-order valence-corrected chi connectivity index (χ4v) is 5.12. The number of para-hydroxylation sites is 2. The van der Waals surface area contributed by atoms with Gasteiger partial charge in [0.25, 0.3) is 5.91 Å². The van der Waals surface area contributed by atoms with Crippen LogP contribution in [-0.2, 0) is 17.7 Å². The molecule has 5 nitrogen and oxygen atoms in total. The van der Waals surface area contributed by atoms with Gasteiger partial charge in [0.1, 0.15) is 10.7 Å². The van der Waals surface area contributed by atoms with E-state index in [4.69, 9.17) is 9.72 Å². The number of aromatic nitrogens is 2. The zero-order valence-corrected chi connectivity index (χ0v) is 17.9. The number of amides is 1. The molecule has 0 radical (unpaired) electrons. The highest BCUT2D eigenvalue weighted by Crippen LogP contribution is 2.35. The van der Waals surface area contributed by atoms with Gasteiger partial charge in [0.2, 0.25) is 0 Å². The van der Waals surface area contributed by atoms with E-state index >= 15 is 0 Å². The maximum Gasteiger partial charge on any atom is 0.278 e. The first-order valence-corrected chi connectivity index (χ1v) is 11.0. The highest BCUT2D eigenvalue weighted by atomic mass is 32.1. The topological polar surface area (TPSA) is 47.4 Å². The molecule has 3 heterocycles. The predicted octanol–water partition coefficient (Wildman–Crippen LogP) is 5.00. The smallest absolute Gasteiger partial charge is 0.278 e. The Hall–Kier alpha value is -2.96. The summed E-state index contributed by atoms with van der Waals surface area (Å²) in [5.74, 6) is -0.0329. The van der Waals surface area contributed by atoms with Crippen LogP contribution in [0, 0.1) is 0 Å². The summed E-state index contributed by atoms with van der Waals surface area (Å²) in [6.07, 6.45) is 0.879. The molecule has 2 aromatic carbocycles. The molecule has 1 aliphatic rings. The highest BCUT2D eigenvalue weighted by Gasteiger charge is 2.32. The summed E-state index contributed by atoms with van der Waals surface area (Å²) in [6, 6.07) is 18.7. The number of nitrogens with zero attached hydrogens (tertiary/aromatic N) is 3. The quantitative estimate of drug-likeness (QED) is 0.459. The van der Waals surface area contributed by atoms with E-state index in [1.54, 1.807) is 7.11 Å². The van der Waals surface area contributed by atoms with E-state index in [1.165, 1.54) is 16.9 Å². The Kier molecular flexibility index (Phi) is 4.89. The van der Waals surface area contributed by atoms with Gasteiger partial charge in [-0.2, -0.15) is 0 Å². The lowest BCUT2D eigenvalue weighted by atomic mass is 10.1. The van der Waals surface area contributed by atoms with Crippen molar-refractivity contribution in [3.8, 4) is 10.7 Å². The second kappa shape index (κ2) is 7.70. The van der Waals surface area contributed by atoms with Crippen LogP contribution < -0.4 is 4.90 Å². The van der Waals surface area contributed by atoms with Gasteiger partial charge in [0, 0.05) is 41.7 Å². The Morgan fingerprint density at radius 3 is 2.87 bits per heavy atom. The maximum absolute atomic E-state index is 13.3. The molecule has 1 atom stereocenters. The first kappa shape index (κ1) is 19.0. The van der Waals surface area contributed by atoms with Crippen molar-refractivity contribution in [1.29, 1.82) is 0 Å². The van der Waals surface area contributed by atoms with E-state index in [1.807, 2.05) is 40.6 Å². The Balaban J connectivity index is 1.51. The average molecular weight is 418 g/mol. The molecular formula is C24H23N3O2S. The summed E-state index contributed by atoms with van der Waals surface area (Å²) in [7, 11) is 1.71. The number of carbonyl (C=O) groups excluding carboxylic acids is 1. The van der Waals surface area contributed by atoms with Crippen molar-refractivity contribution in [3.05, 3.63) is 71.2 Å². The van der Waals surface area contributed by atoms with Crippen LogP contribution in [0.4, 0.5) is 5.69 Å². The first-order valence-electron chi connectivity index (χ1n) is 10.1. The molecule has 4 aromatic rings. The van der Waals surface area contributed by atoms with Crippen LogP contribution in [0.25, 0.3) is 21.6 Å². The zero-order valence-electron chi connectivity index (χ0n) is 17.0. The minimum atomic E-state index is -0.0329. The Bertz CT molecular complexity index is 1230. The van der Waals surface area contributed by atoms with E-state index < -0.39 is 0 Å². The minimum Gasteiger partial charge on any atom is -0.383 e. The van der Waals surface area contributed by atoms with Crippen molar-refractivity contribution in [2.24, 2.45) is 0 Å². The molecule has 0 saturated carbocycles. The van der Waals surface area contributed by atoms with Crippen LogP contribution in [0.15, 0.2) is 60.0 Å². The van der Waals surface area contributed by atoms with Crippen molar-refractivity contribution in [2.45, 2.75) is 25.9 Å². The molecule has 1 aliphatic heterocycles. The molecule has 0 spiro atoms. The van der Waals surface area contributed by atoms with Gasteiger partial charge in [-0.1, -0.05) is 36.4 Å². The fraction of sp³-hybridized carbons (Fsp3) is 0.250. The average Bonchev–Trinajstić information content (AvgIpc) is 3.46. The number of hydrogen-bond donors (Lipinski definition) is 0. The summed E-state index contributed by atoms with van der Waals surface area (Å²) in [5, 5.41) is 3.89. The van der Waals surface area contributed by atoms with Crippen LogP contribution in [0.1, 0.15) is 23.0 Å². The van der Waals surface area contributed by atoms with Gasteiger partial charge in [-0.25, -0.2) is 4.98 Å². The summed E-state index contributed by atoms with van der Waals surface area (Å²) in [4.78, 5) is 20.0. The van der Waals surface area contributed by atoms with Crippen molar-refractivity contribution < 1.29 is 9.53 Å². The third-order valence-electron chi connectivity index (χ3n) is 5.70. The van der Waals surface area contributed by atoms with Crippen LogP contribution in [-0.4, -0.2) is 35.2 Å². The number of ether oxygens (including phenoxy) is 1. The van der Waals surface area contributed by atoms with Gasteiger partial charge in [0.15, 0.2) is 0 Å². The standard InChI is InChI=1S/C24H23N3O2S/c1-16-13-17-7-4-6-10-21(17)27(16)24(28)19-15-30-23(25-19)22-14-18-8-3-5-9-20(18)26(22)11-12-29-2/h3-10,14-16H,11-13H2,1-2H3. The Labute approximate surface area is 179 Å². The molecule has 30 heavy (non-hydrogen) atoms. The van der Waals surface area contributed by atoms with Crippen LogP contribution in [0.2, 0.25) is 0 Å². The summed E-state index contributed by atoms with van der Waals surface area (Å²) in [6.45, 7) is 3.44. The molecule has 0 saturated heterocycles. The monoisotopic (exact) mass is 417 g/mol. The molecule has 0 aliphatic carbocycles. The molecule has 0 bridgehead atoms. The van der Waals surface area contributed by atoms with Gasteiger partial charge >= 0.3 is 0 Å². The van der Waals surface area contributed by atoms with Crippen molar-refractivity contribution in [2.75, 3.05) is 18.6 Å². The molecule has 0 fully saturated rings. The van der Waals surface area contributed by atoms with Gasteiger partial charge in [-0.05, 0) is 37.1 Å². The number of methoxy groups -OCH3 is 1. The third-order valence-corrected chi connectivity index (χ3v) is 6.56. The lowest BCUT2D eigenvalue weighted by Gasteiger charge is -2.21. The lowest BCUT2D eigenvalue weighted by Crippen LogP contribution is -2.35. The van der Waals surface area contributed by atoms with E-state index in [0.29, 0.717) is 12.3 Å². The van der Waals surface area contributed by atoms with Crippen LogP contribution in [0.5, 0.6) is 0 Å². The number of anilines is 1. The Morgan fingerprint density at radius 2 is 2.00 bits per heavy atom. The minimum absolute atomic E-state index is 0.0329. The number of rotatable bonds is 5. The molecule has 2 aromatic heterocycles. The van der Waals surface area contributed by atoms with Gasteiger partial charge in [0.05, 0.1) is 12.3 Å². The Morgan fingerprint density at radius 1 is 1.20 bits per heavy atom. The lowest BCUT2D eigenvalue weighted by molar-refractivity contribution is 0.0977. The molecule has 1 amide bonds. The van der Waals surface area contributed by atoms with Crippen molar-refractivity contribution in [3.63, 3.8) is 0 Å². The van der Waals surface area contributed by atoms with Crippen molar-refractivity contribution in [1.82, 2.24) is 9.55 Å². The summed E-state index contributed by atoms with van der Waals surface area (Å²) >= 11 is 1.51. The summed E-state index contributed by atoms with van der Waals surface area (Å²) < 4.78 is 7.53. The molecule has 152 valence electrons. The molecular weight excluding hydrogens is 394 g/mol. The fourth-order valence-electron chi connectivity index (χ4n) is 4.30. The zero-order chi connectivity index (χ0) is 20.7. The van der Waals surface area contributed by atoms with Crippen LogP contribution >= 0.6 is 11.3 Å². The highest BCUT2D eigenvalue weighted by molar-refractivity contribution is 7.13. The predicted molar refractivity (Wildman–Crippen MR) is 121 cm³/mol. The van der Waals surface area contributed by atoms with Gasteiger partial charge in [-0.15, -0.1) is 11.3 Å². The molecule has 6 heteroatoms. The molecule has 5 rings (SSSR count). The second-order valence-corrected chi connectivity index (χ2v) is 8.49. The number of carbonyl (C=O) groups is 1. The van der Waals surface area contributed by atoms with E-state index in [2.05, 4.69) is 35.8 Å². The van der Waals surface area contributed by atoms with E-state index in [-0.39, 0.29) is 11.9 Å². The second-order valence-electron chi connectivity index (χ2n) is 7.63. The normalized spacial score (nSPS) is 15.7. The number of hydrogen-bond acceptors (Lipinski definition) is 4. The van der Waals surface area contributed by atoms with Gasteiger partial charge < -0.3 is 14.2 Å². The summed E-state index contributed by atoms with van der Waals surface area (Å²) in [5.41, 5.74) is 4.89. The van der Waals surface area contributed by atoms with E-state index in [9.17, 15) is 4.79 Å². The SMILES string of the molecule is COCCn1c(-c2nc(C(=O)N3c4ccccc4CC3C)cs2)cc2ccccc21. The first-order chi connectivity index (χ1) is 14.7. The van der Waals surface area contributed by atoms with Gasteiger partial charge in [-0.3, -0.25) is 4.79 Å². The third kappa shape index (κ3) is 3.13. The van der Waals surface area contributed by atoms with Crippen molar-refractivity contribution >= 4 is 33.8 Å². The molecule has 0 N–H and O–H groups in total. The number of thiazole rings is 1. The maximum atomic E-state index is 13.3. The van der Waals surface area contributed by atoms with E-state index in [0.717, 1.165) is 40.3 Å². The largest absolute Gasteiger partial charge is 0.383 e. The molecule has 1 unspecified atom stereocenters. The number of fused-ring (bicyclic) bond motifs is 2. The number of benzene rings is 2.